The maximum Gasteiger partial charge on any atom is 0.248 e. The van der Waals surface area contributed by atoms with Crippen molar-refractivity contribution in [2.75, 3.05) is 46.4 Å². The molecular weight excluding hydrogens is 240 g/mol. The molecule has 0 radical (unpaired) electrons. The number of piperidine rings is 1. The Morgan fingerprint density at radius 3 is 2.84 bits per heavy atom. The zero-order valence-electron chi connectivity index (χ0n) is 12.1. The van der Waals surface area contributed by atoms with Crippen LogP contribution in [0.4, 0.5) is 0 Å². The van der Waals surface area contributed by atoms with E-state index in [1.165, 1.54) is 51.7 Å². The van der Waals surface area contributed by atoms with Gasteiger partial charge in [-0.2, -0.15) is 0 Å². The van der Waals surface area contributed by atoms with Crippen molar-refractivity contribution in [3.8, 4) is 0 Å². The molecule has 1 saturated carbocycles. The number of carbonyl (C=O) groups is 1. The lowest BCUT2D eigenvalue weighted by Gasteiger charge is -2.40. The molecule has 1 spiro atoms. The summed E-state index contributed by atoms with van der Waals surface area (Å²) in [6.07, 6.45) is 6.65. The van der Waals surface area contributed by atoms with E-state index >= 15 is 0 Å². The number of nitrogens with zero attached hydrogens (tertiary/aromatic N) is 2. The minimum absolute atomic E-state index is 0.165. The standard InChI is InChI=1S/C15H26N2O2/c1-19-10-14(18)17-8-6-15(12-17)5-2-7-16(11-15)9-13-3-4-13/h13H,2-12H2,1H3/t15-/m0/s1. The summed E-state index contributed by atoms with van der Waals surface area (Å²) >= 11 is 0. The van der Waals surface area contributed by atoms with Crippen molar-refractivity contribution >= 4 is 5.91 Å². The fraction of sp³-hybridized carbons (Fsp3) is 0.933. The van der Waals surface area contributed by atoms with Crippen molar-refractivity contribution in [3.05, 3.63) is 0 Å². The molecule has 4 nitrogen and oxygen atoms in total. The molecule has 1 aliphatic carbocycles. The number of methoxy groups -OCH3 is 1. The van der Waals surface area contributed by atoms with Crippen molar-refractivity contribution < 1.29 is 9.53 Å². The molecule has 3 aliphatic rings. The van der Waals surface area contributed by atoms with Crippen LogP contribution in [0.15, 0.2) is 0 Å². The molecule has 0 aromatic rings. The summed E-state index contributed by atoms with van der Waals surface area (Å²) in [6.45, 7) is 5.90. The second kappa shape index (κ2) is 5.41. The van der Waals surface area contributed by atoms with Gasteiger partial charge < -0.3 is 14.5 Å². The van der Waals surface area contributed by atoms with Gasteiger partial charge in [-0.1, -0.05) is 0 Å². The average Bonchev–Trinajstić information content (AvgIpc) is 3.11. The van der Waals surface area contributed by atoms with E-state index in [2.05, 4.69) is 4.90 Å². The molecule has 2 aliphatic heterocycles. The third-order valence-corrected chi connectivity index (χ3v) is 5.01. The Bertz CT molecular complexity index is 343. The van der Waals surface area contributed by atoms with Gasteiger partial charge in [0.25, 0.3) is 0 Å². The summed E-state index contributed by atoms with van der Waals surface area (Å²) in [4.78, 5) is 16.6. The molecule has 19 heavy (non-hydrogen) atoms. The minimum atomic E-state index is 0.165. The highest BCUT2D eigenvalue weighted by Gasteiger charge is 2.43. The molecule has 2 saturated heterocycles. The first-order valence-electron chi connectivity index (χ1n) is 7.70. The van der Waals surface area contributed by atoms with Crippen LogP contribution in [0, 0.1) is 11.3 Å². The SMILES string of the molecule is COCC(=O)N1CC[C@]2(CCCN(CC3CC3)C2)C1. The normalized spacial score (nSPS) is 32.2. The van der Waals surface area contributed by atoms with Gasteiger partial charge in [0.1, 0.15) is 6.61 Å². The lowest BCUT2D eigenvalue weighted by molar-refractivity contribution is -0.134. The zero-order valence-corrected chi connectivity index (χ0v) is 12.1. The summed E-state index contributed by atoms with van der Waals surface area (Å²) in [5.74, 6) is 1.14. The van der Waals surface area contributed by atoms with Gasteiger partial charge in [0, 0.05) is 38.7 Å². The number of likely N-dealkylation sites (tertiary alicyclic amines) is 2. The lowest BCUT2D eigenvalue weighted by atomic mass is 9.79. The third-order valence-electron chi connectivity index (χ3n) is 5.01. The van der Waals surface area contributed by atoms with E-state index in [-0.39, 0.29) is 12.5 Å². The lowest BCUT2D eigenvalue weighted by Crippen LogP contribution is -2.46. The van der Waals surface area contributed by atoms with Gasteiger partial charge in [0.2, 0.25) is 5.91 Å². The molecule has 3 fully saturated rings. The smallest absolute Gasteiger partial charge is 0.248 e. The molecule has 1 atom stereocenters. The van der Waals surface area contributed by atoms with Gasteiger partial charge in [-0.05, 0) is 44.6 Å². The summed E-state index contributed by atoms with van der Waals surface area (Å²) in [6, 6.07) is 0. The minimum Gasteiger partial charge on any atom is -0.375 e. The maximum absolute atomic E-state index is 11.9. The molecule has 0 bridgehead atoms. The molecule has 108 valence electrons. The topological polar surface area (TPSA) is 32.8 Å². The predicted molar refractivity (Wildman–Crippen MR) is 73.9 cm³/mol. The van der Waals surface area contributed by atoms with Crippen LogP contribution in [0.1, 0.15) is 32.1 Å². The van der Waals surface area contributed by atoms with E-state index < -0.39 is 0 Å². The van der Waals surface area contributed by atoms with Crippen LogP contribution in [-0.2, 0) is 9.53 Å². The Kier molecular flexibility index (Phi) is 3.81. The Morgan fingerprint density at radius 2 is 2.11 bits per heavy atom. The first kappa shape index (κ1) is 13.4. The van der Waals surface area contributed by atoms with Crippen LogP contribution in [0.5, 0.6) is 0 Å². The highest BCUT2D eigenvalue weighted by Crippen LogP contribution is 2.40. The number of amides is 1. The van der Waals surface area contributed by atoms with Crippen LogP contribution in [-0.4, -0.2) is 62.1 Å². The van der Waals surface area contributed by atoms with Gasteiger partial charge in [-0.25, -0.2) is 0 Å². The molecule has 3 rings (SSSR count). The molecule has 4 heteroatoms. The van der Waals surface area contributed by atoms with Crippen LogP contribution in [0.3, 0.4) is 0 Å². The van der Waals surface area contributed by atoms with Gasteiger partial charge in [0.15, 0.2) is 0 Å². The second-order valence-corrected chi connectivity index (χ2v) is 6.78. The van der Waals surface area contributed by atoms with Gasteiger partial charge >= 0.3 is 0 Å². The van der Waals surface area contributed by atoms with Gasteiger partial charge in [-0.15, -0.1) is 0 Å². The van der Waals surface area contributed by atoms with E-state index in [4.69, 9.17) is 4.74 Å². The Balaban J connectivity index is 1.56. The first-order valence-corrected chi connectivity index (χ1v) is 7.70. The monoisotopic (exact) mass is 266 g/mol. The van der Waals surface area contributed by atoms with E-state index in [9.17, 15) is 4.79 Å². The second-order valence-electron chi connectivity index (χ2n) is 6.78. The van der Waals surface area contributed by atoms with Crippen LogP contribution >= 0.6 is 0 Å². The Labute approximate surface area is 116 Å². The summed E-state index contributed by atoms with van der Waals surface area (Å²) in [5.41, 5.74) is 0.385. The van der Waals surface area contributed by atoms with Gasteiger partial charge in [0.05, 0.1) is 0 Å². The van der Waals surface area contributed by atoms with Crippen LogP contribution in [0.2, 0.25) is 0 Å². The molecule has 1 amide bonds. The van der Waals surface area contributed by atoms with Crippen molar-refractivity contribution in [1.82, 2.24) is 9.80 Å². The number of hydrogen-bond donors (Lipinski definition) is 0. The van der Waals surface area contributed by atoms with E-state index in [0.717, 1.165) is 19.0 Å². The molecular formula is C15H26N2O2. The molecule has 2 heterocycles. The molecule has 0 unspecified atom stereocenters. The number of carbonyl (C=O) groups excluding carboxylic acids is 1. The largest absolute Gasteiger partial charge is 0.375 e. The Hall–Kier alpha value is -0.610. The summed E-state index contributed by atoms with van der Waals surface area (Å²) in [5, 5.41) is 0. The van der Waals surface area contributed by atoms with Crippen molar-refractivity contribution in [2.24, 2.45) is 11.3 Å². The fourth-order valence-electron chi connectivity index (χ4n) is 3.83. The summed E-state index contributed by atoms with van der Waals surface area (Å²) < 4.78 is 4.97. The third kappa shape index (κ3) is 3.11. The number of hydrogen-bond acceptors (Lipinski definition) is 3. The van der Waals surface area contributed by atoms with Crippen molar-refractivity contribution in [3.63, 3.8) is 0 Å². The fourth-order valence-corrected chi connectivity index (χ4v) is 3.83. The van der Waals surface area contributed by atoms with E-state index in [0.29, 0.717) is 5.41 Å². The zero-order chi connectivity index (χ0) is 13.3. The number of rotatable bonds is 4. The highest BCUT2D eigenvalue weighted by molar-refractivity contribution is 5.77. The molecule has 0 aromatic carbocycles. The predicted octanol–water partition coefficient (Wildman–Crippen LogP) is 1.36. The van der Waals surface area contributed by atoms with Crippen LogP contribution < -0.4 is 0 Å². The number of ether oxygens (including phenoxy) is 1. The molecule has 0 aromatic heterocycles. The maximum atomic E-state index is 11.9. The van der Waals surface area contributed by atoms with Crippen molar-refractivity contribution in [2.45, 2.75) is 32.1 Å². The van der Waals surface area contributed by atoms with E-state index in [1.54, 1.807) is 7.11 Å². The summed E-state index contributed by atoms with van der Waals surface area (Å²) in [7, 11) is 1.60. The average molecular weight is 266 g/mol. The quantitative estimate of drug-likeness (QED) is 0.770. The van der Waals surface area contributed by atoms with Gasteiger partial charge in [-0.3, -0.25) is 4.79 Å². The first-order chi connectivity index (χ1) is 9.21. The molecule has 0 N–H and O–H groups in total. The van der Waals surface area contributed by atoms with E-state index in [1.807, 2.05) is 4.90 Å². The van der Waals surface area contributed by atoms with Crippen LogP contribution in [0.25, 0.3) is 0 Å². The Morgan fingerprint density at radius 1 is 1.26 bits per heavy atom. The highest BCUT2D eigenvalue weighted by atomic mass is 16.5. The van der Waals surface area contributed by atoms with Crippen molar-refractivity contribution in [1.29, 1.82) is 0 Å².